The normalized spacial score (nSPS) is 11.8. The second-order valence-electron chi connectivity index (χ2n) is 6.53. The lowest BCUT2D eigenvalue weighted by Gasteiger charge is -2.09. The summed E-state index contributed by atoms with van der Waals surface area (Å²) in [7, 11) is 0. The van der Waals surface area contributed by atoms with Crippen LogP contribution in [0.1, 0.15) is 11.1 Å². The summed E-state index contributed by atoms with van der Waals surface area (Å²) in [6.07, 6.45) is 3.88. The Kier molecular flexibility index (Phi) is 6.81. The van der Waals surface area contributed by atoms with Crippen molar-refractivity contribution in [1.29, 1.82) is 10.5 Å². The lowest BCUT2D eigenvalue weighted by atomic mass is 9.96. The fraction of sp³-hybridized carbons (Fsp3) is 0. The van der Waals surface area contributed by atoms with Crippen LogP contribution in [-0.4, -0.2) is 14.7 Å². The van der Waals surface area contributed by atoms with E-state index in [1.54, 1.807) is 66.7 Å². The van der Waals surface area contributed by atoms with E-state index >= 15 is 0 Å². The standard InChI is InChI=1S/C25H15N5O3/c1-28-21(16-27)22(17-9-4-2-5-10-17)18(15-26)11-8-14-20-23(31)29-25(33)30(24(20)32)19-12-6-3-7-13-19/h2-14,32H,(H,29,31,33)/b14-8+,18-11+,22-21-. The van der Waals surface area contributed by atoms with E-state index in [1.165, 1.54) is 18.2 Å². The number of aromatic hydroxyl groups is 1. The number of benzene rings is 2. The molecule has 2 N–H and O–H groups in total. The molecule has 0 amide bonds. The number of allylic oxidation sites excluding steroid dienone is 5. The Morgan fingerprint density at radius 1 is 1.03 bits per heavy atom. The Morgan fingerprint density at radius 2 is 1.67 bits per heavy atom. The van der Waals surface area contributed by atoms with E-state index in [2.05, 4.69) is 9.83 Å². The molecule has 8 heteroatoms. The maximum atomic E-state index is 12.3. The average molecular weight is 433 g/mol. The molecule has 1 aromatic heterocycles. The molecule has 0 unspecified atom stereocenters. The Balaban J connectivity index is 2.13. The Bertz CT molecular complexity index is 1510. The van der Waals surface area contributed by atoms with Crippen LogP contribution in [0.4, 0.5) is 0 Å². The van der Waals surface area contributed by atoms with Gasteiger partial charge in [-0.25, -0.2) is 19.5 Å². The third-order valence-electron chi connectivity index (χ3n) is 4.57. The van der Waals surface area contributed by atoms with Gasteiger partial charge in [0.15, 0.2) is 0 Å². The van der Waals surface area contributed by atoms with Crippen LogP contribution in [0.2, 0.25) is 0 Å². The SMILES string of the molecule is [C-]#[N+]\C(C#N)=C(/C(C#N)=C/C=C/c1c(O)n(-c2ccccc2)c(=O)[nH]c1=O)c1ccccc1. The molecule has 0 aliphatic rings. The van der Waals surface area contributed by atoms with E-state index in [1.807, 2.05) is 6.07 Å². The van der Waals surface area contributed by atoms with Crippen molar-refractivity contribution in [3.63, 3.8) is 0 Å². The molecule has 0 aliphatic heterocycles. The predicted molar refractivity (Wildman–Crippen MR) is 123 cm³/mol. The highest BCUT2D eigenvalue weighted by atomic mass is 16.3. The molecule has 0 bridgehead atoms. The van der Waals surface area contributed by atoms with Crippen molar-refractivity contribution >= 4 is 11.6 Å². The summed E-state index contributed by atoms with van der Waals surface area (Å²) < 4.78 is 0.943. The fourth-order valence-corrected chi connectivity index (χ4v) is 3.08. The van der Waals surface area contributed by atoms with Crippen molar-refractivity contribution in [2.45, 2.75) is 0 Å². The molecule has 33 heavy (non-hydrogen) atoms. The number of rotatable bonds is 5. The van der Waals surface area contributed by atoms with Gasteiger partial charge in [-0.05, 0) is 29.8 Å². The smallest absolute Gasteiger partial charge is 0.335 e. The molecule has 3 rings (SSSR count). The van der Waals surface area contributed by atoms with Gasteiger partial charge in [0.2, 0.25) is 5.88 Å². The van der Waals surface area contributed by atoms with Crippen molar-refractivity contribution < 1.29 is 5.11 Å². The van der Waals surface area contributed by atoms with Gasteiger partial charge in [-0.3, -0.25) is 9.78 Å². The van der Waals surface area contributed by atoms with Gasteiger partial charge in [-0.1, -0.05) is 54.6 Å². The first kappa shape index (κ1) is 22.3. The monoisotopic (exact) mass is 433 g/mol. The first-order valence-corrected chi connectivity index (χ1v) is 9.51. The van der Waals surface area contributed by atoms with Crippen LogP contribution in [0.15, 0.2) is 93.7 Å². The average Bonchev–Trinajstić information content (AvgIpc) is 2.83. The molecule has 0 radical (unpaired) electrons. The molecule has 8 nitrogen and oxygen atoms in total. The van der Waals surface area contributed by atoms with Crippen molar-refractivity contribution in [1.82, 2.24) is 9.55 Å². The number of para-hydroxylation sites is 1. The number of hydrogen-bond donors (Lipinski definition) is 2. The first-order chi connectivity index (χ1) is 16.0. The van der Waals surface area contributed by atoms with Gasteiger partial charge in [-0.15, -0.1) is 0 Å². The van der Waals surface area contributed by atoms with E-state index in [0.29, 0.717) is 11.3 Å². The fourth-order valence-electron chi connectivity index (χ4n) is 3.08. The Labute approximate surface area is 188 Å². The maximum absolute atomic E-state index is 12.3. The minimum atomic E-state index is -0.814. The predicted octanol–water partition coefficient (Wildman–Crippen LogP) is 3.55. The van der Waals surface area contributed by atoms with Crippen molar-refractivity contribution in [3.8, 4) is 23.7 Å². The number of aromatic nitrogens is 2. The molecule has 0 fully saturated rings. The zero-order valence-corrected chi connectivity index (χ0v) is 17.1. The number of nitrogens with zero attached hydrogens (tertiary/aromatic N) is 4. The third-order valence-corrected chi connectivity index (χ3v) is 4.57. The summed E-state index contributed by atoms with van der Waals surface area (Å²) in [6.45, 7) is 7.28. The molecule has 0 saturated heterocycles. The molecule has 0 aliphatic carbocycles. The van der Waals surface area contributed by atoms with E-state index in [4.69, 9.17) is 6.57 Å². The minimum Gasteiger partial charge on any atom is -0.494 e. The first-order valence-electron chi connectivity index (χ1n) is 9.51. The van der Waals surface area contributed by atoms with Crippen LogP contribution in [-0.2, 0) is 0 Å². The van der Waals surface area contributed by atoms with Crippen LogP contribution >= 0.6 is 0 Å². The highest BCUT2D eigenvalue weighted by Gasteiger charge is 2.15. The van der Waals surface area contributed by atoms with Gasteiger partial charge in [0, 0.05) is 5.57 Å². The largest absolute Gasteiger partial charge is 0.494 e. The topological polar surface area (TPSA) is 127 Å². The van der Waals surface area contributed by atoms with Crippen LogP contribution in [0.5, 0.6) is 5.88 Å². The summed E-state index contributed by atoms with van der Waals surface area (Å²) in [4.78, 5) is 29.9. The van der Waals surface area contributed by atoms with E-state index in [-0.39, 0.29) is 22.4 Å². The lowest BCUT2D eigenvalue weighted by Crippen LogP contribution is -2.30. The summed E-state index contributed by atoms with van der Waals surface area (Å²) in [6, 6.07) is 20.5. The van der Waals surface area contributed by atoms with Crippen LogP contribution in [0.25, 0.3) is 22.2 Å². The summed E-state index contributed by atoms with van der Waals surface area (Å²) in [5, 5.41) is 29.6. The summed E-state index contributed by atoms with van der Waals surface area (Å²) in [5.41, 5.74) is -1.08. The molecule has 1 heterocycles. The number of hydrogen-bond acceptors (Lipinski definition) is 5. The van der Waals surface area contributed by atoms with Gasteiger partial charge in [0.05, 0.1) is 30.0 Å². The quantitative estimate of drug-likeness (QED) is 0.361. The zero-order chi connectivity index (χ0) is 23.8. The maximum Gasteiger partial charge on any atom is 0.335 e. The number of nitrogens with one attached hydrogen (secondary N) is 1. The van der Waals surface area contributed by atoms with Crippen LogP contribution in [0.3, 0.4) is 0 Å². The van der Waals surface area contributed by atoms with Crippen LogP contribution < -0.4 is 11.2 Å². The zero-order valence-electron chi connectivity index (χ0n) is 17.1. The van der Waals surface area contributed by atoms with Gasteiger partial charge in [-0.2, -0.15) is 5.26 Å². The number of H-pyrrole nitrogens is 1. The van der Waals surface area contributed by atoms with Crippen molar-refractivity contribution in [2.75, 3.05) is 0 Å². The third kappa shape index (κ3) is 4.69. The number of aromatic amines is 1. The van der Waals surface area contributed by atoms with Gasteiger partial charge < -0.3 is 5.11 Å². The lowest BCUT2D eigenvalue weighted by molar-refractivity contribution is 0.429. The molecule has 3 aromatic rings. The molecular weight excluding hydrogens is 418 g/mol. The van der Waals surface area contributed by atoms with E-state index in [0.717, 1.165) is 4.57 Å². The number of nitriles is 2. The van der Waals surface area contributed by atoms with Crippen LogP contribution in [0, 0.1) is 29.2 Å². The van der Waals surface area contributed by atoms with Gasteiger partial charge in [0.25, 0.3) is 11.3 Å². The van der Waals surface area contributed by atoms with Crippen molar-refractivity contribution in [3.05, 3.63) is 127 Å². The highest BCUT2D eigenvalue weighted by Crippen LogP contribution is 2.27. The molecule has 0 spiro atoms. The molecule has 0 atom stereocenters. The second kappa shape index (κ2) is 10.1. The Morgan fingerprint density at radius 3 is 2.24 bits per heavy atom. The molecule has 2 aromatic carbocycles. The summed E-state index contributed by atoms with van der Waals surface area (Å²) >= 11 is 0. The van der Waals surface area contributed by atoms with Gasteiger partial charge in [0.1, 0.15) is 5.56 Å². The molecule has 158 valence electrons. The summed E-state index contributed by atoms with van der Waals surface area (Å²) in [5.74, 6) is -0.573. The molecular formula is C25H15N5O3. The highest BCUT2D eigenvalue weighted by molar-refractivity contribution is 5.88. The molecule has 0 saturated carbocycles. The van der Waals surface area contributed by atoms with E-state index in [9.17, 15) is 25.2 Å². The minimum absolute atomic E-state index is 0.0114. The van der Waals surface area contributed by atoms with Crippen molar-refractivity contribution in [2.24, 2.45) is 0 Å². The Hall–Kier alpha value is -5.39. The second-order valence-corrected chi connectivity index (χ2v) is 6.53. The van der Waals surface area contributed by atoms with Gasteiger partial charge >= 0.3 is 5.69 Å². The van der Waals surface area contributed by atoms with E-state index < -0.39 is 17.1 Å².